The van der Waals surface area contributed by atoms with Crippen LogP contribution in [0.1, 0.15) is 34.9 Å². The molecule has 1 aromatic rings. The lowest BCUT2D eigenvalue weighted by molar-refractivity contribution is 0.0949. The van der Waals surface area contributed by atoms with Gasteiger partial charge >= 0.3 is 0 Å². The van der Waals surface area contributed by atoms with Crippen LogP contribution in [0.3, 0.4) is 0 Å². The quantitative estimate of drug-likeness (QED) is 0.585. The van der Waals surface area contributed by atoms with Gasteiger partial charge in [0.15, 0.2) is 0 Å². The molecule has 0 aliphatic heterocycles. The Morgan fingerprint density at radius 2 is 2.15 bits per heavy atom. The smallest absolute Gasteiger partial charge is 0.278 e. The van der Waals surface area contributed by atoms with E-state index in [1.165, 1.54) is 14.1 Å². The van der Waals surface area contributed by atoms with Crippen molar-refractivity contribution in [1.82, 2.24) is 24.5 Å². The number of hydrogen-bond acceptors (Lipinski definition) is 4. The van der Waals surface area contributed by atoms with E-state index in [0.717, 1.165) is 22.8 Å². The monoisotopic (exact) mass is 301 g/mol. The number of rotatable bonds is 7. The zero-order chi connectivity index (χ0) is 14.8. The van der Waals surface area contributed by atoms with Crippen molar-refractivity contribution in [2.75, 3.05) is 27.2 Å². The summed E-state index contributed by atoms with van der Waals surface area (Å²) in [5.41, 5.74) is 1.32. The number of aromatic nitrogens is 2. The third-order valence-electron chi connectivity index (χ3n) is 3.02. The first-order valence-electron chi connectivity index (χ1n) is 6.41. The van der Waals surface area contributed by atoms with Gasteiger partial charge in [-0.3, -0.25) is 9.89 Å². The number of amides is 1. The molecule has 1 aliphatic carbocycles. The Kier molecular flexibility index (Phi) is 4.41. The van der Waals surface area contributed by atoms with Crippen molar-refractivity contribution in [3.63, 3.8) is 0 Å². The maximum atomic E-state index is 11.8. The van der Waals surface area contributed by atoms with E-state index in [-0.39, 0.29) is 19.0 Å². The van der Waals surface area contributed by atoms with Crippen molar-refractivity contribution < 1.29 is 13.2 Å². The molecule has 0 spiro atoms. The lowest BCUT2D eigenvalue weighted by atomic mass is 10.2. The third-order valence-corrected chi connectivity index (χ3v) is 4.55. The molecule has 1 amide bonds. The van der Waals surface area contributed by atoms with Crippen molar-refractivity contribution in [2.45, 2.75) is 18.8 Å². The molecule has 1 saturated carbocycles. The Morgan fingerprint density at radius 1 is 1.45 bits per heavy atom. The fourth-order valence-corrected chi connectivity index (χ4v) is 2.25. The number of H-pyrrole nitrogens is 1. The minimum atomic E-state index is -3.45. The summed E-state index contributed by atoms with van der Waals surface area (Å²) in [4.78, 5) is 11.8. The minimum Gasteiger partial charge on any atom is -0.349 e. The highest BCUT2D eigenvalue weighted by Gasteiger charge is 2.26. The van der Waals surface area contributed by atoms with Gasteiger partial charge in [-0.2, -0.15) is 17.8 Å². The van der Waals surface area contributed by atoms with E-state index in [0.29, 0.717) is 11.6 Å². The maximum Gasteiger partial charge on any atom is 0.278 e. The molecule has 0 saturated heterocycles. The van der Waals surface area contributed by atoms with Gasteiger partial charge in [0.2, 0.25) is 0 Å². The Balaban J connectivity index is 1.74. The molecule has 0 aromatic carbocycles. The maximum absolute atomic E-state index is 11.8. The fraction of sp³-hybridized carbons (Fsp3) is 0.636. The normalized spacial score (nSPS) is 15.6. The first-order valence-corrected chi connectivity index (χ1v) is 7.85. The van der Waals surface area contributed by atoms with Gasteiger partial charge in [0.25, 0.3) is 16.1 Å². The van der Waals surface area contributed by atoms with Gasteiger partial charge < -0.3 is 5.32 Å². The lowest BCUT2D eigenvalue weighted by Crippen LogP contribution is -2.40. The van der Waals surface area contributed by atoms with E-state index in [9.17, 15) is 13.2 Å². The molecule has 2 rings (SSSR count). The Bertz CT molecular complexity index is 577. The van der Waals surface area contributed by atoms with Gasteiger partial charge in [-0.1, -0.05) is 0 Å². The van der Waals surface area contributed by atoms with Crippen molar-refractivity contribution in [1.29, 1.82) is 0 Å². The van der Waals surface area contributed by atoms with E-state index in [1.54, 1.807) is 6.07 Å². The van der Waals surface area contributed by atoms with Crippen LogP contribution in [0.25, 0.3) is 0 Å². The van der Waals surface area contributed by atoms with E-state index in [4.69, 9.17) is 0 Å². The lowest BCUT2D eigenvalue weighted by Gasteiger charge is -2.12. The van der Waals surface area contributed by atoms with Crippen LogP contribution in [0.2, 0.25) is 0 Å². The first kappa shape index (κ1) is 14.9. The molecular weight excluding hydrogens is 282 g/mol. The average molecular weight is 301 g/mol. The van der Waals surface area contributed by atoms with Crippen LogP contribution in [0.15, 0.2) is 6.07 Å². The summed E-state index contributed by atoms with van der Waals surface area (Å²) in [6, 6.07) is 1.75. The van der Waals surface area contributed by atoms with Crippen LogP contribution >= 0.6 is 0 Å². The van der Waals surface area contributed by atoms with E-state index < -0.39 is 10.2 Å². The van der Waals surface area contributed by atoms with Crippen LogP contribution in [0.5, 0.6) is 0 Å². The van der Waals surface area contributed by atoms with Crippen molar-refractivity contribution in [3.05, 3.63) is 17.5 Å². The molecule has 3 N–H and O–H groups in total. The molecule has 0 bridgehead atoms. The molecule has 0 atom stereocenters. The summed E-state index contributed by atoms with van der Waals surface area (Å²) < 4.78 is 26.3. The SMILES string of the molecule is CN(C)S(=O)(=O)NCCNC(=O)c1cc(C2CC2)[nH]n1. The highest BCUT2D eigenvalue weighted by Crippen LogP contribution is 2.38. The van der Waals surface area contributed by atoms with Gasteiger partial charge in [-0.25, -0.2) is 4.72 Å². The van der Waals surface area contributed by atoms with E-state index >= 15 is 0 Å². The Labute approximate surface area is 118 Å². The number of nitrogens with one attached hydrogen (secondary N) is 3. The highest BCUT2D eigenvalue weighted by atomic mass is 32.2. The number of aromatic amines is 1. The summed E-state index contributed by atoms with van der Waals surface area (Å²) in [5, 5.41) is 9.41. The molecule has 1 aromatic heterocycles. The number of hydrogen-bond donors (Lipinski definition) is 3. The molecule has 1 aliphatic rings. The van der Waals surface area contributed by atoms with E-state index in [2.05, 4.69) is 20.2 Å². The van der Waals surface area contributed by atoms with Crippen LogP contribution < -0.4 is 10.0 Å². The third kappa shape index (κ3) is 3.78. The number of carbonyl (C=O) groups excluding carboxylic acids is 1. The van der Waals surface area contributed by atoms with Crippen LogP contribution in [0, 0.1) is 0 Å². The summed E-state index contributed by atoms with van der Waals surface area (Å²) in [6.45, 7) is 0.337. The zero-order valence-corrected chi connectivity index (χ0v) is 12.3. The second-order valence-electron chi connectivity index (χ2n) is 4.92. The van der Waals surface area contributed by atoms with Crippen LogP contribution in [-0.4, -0.2) is 56.0 Å². The van der Waals surface area contributed by atoms with Crippen LogP contribution in [-0.2, 0) is 10.2 Å². The second-order valence-corrected chi connectivity index (χ2v) is 6.89. The predicted molar refractivity (Wildman–Crippen MR) is 73.5 cm³/mol. The Morgan fingerprint density at radius 3 is 2.75 bits per heavy atom. The summed E-state index contributed by atoms with van der Waals surface area (Å²) in [5.74, 6) is 0.202. The van der Waals surface area contributed by atoms with Crippen molar-refractivity contribution >= 4 is 16.1 Å². The van der Waals surface area contributed by atoms with Gasteiger partial charge in [0.1, 0.15) is 5.69 Å². The highest BCUT2D eigenvalue weighted by molar-refractivity contribution is 7.87. The van der Waals surface area contributed by atoms with Crippen molar-refractivity contribution in [3.8, 4) is 0 Å². The summed E-state index contributed by atoms with van der Waals surface area (Å²) in [7, 11) is -0.580. The second kappa shape index (κ2) is 5.90. The fourth-order valence-electron chi connectivity index (χ4n) is 1.63. The Hall–Kier alpha value is -1.45. The molecule has 20 heavy (non-hydrogen) atoms. The molecular formula is C11H19N5O3S. The van der Waals surface area contributed by atoms with E-state index in [1.807, 2.05) is 0 Å². The van der Waals surface area contributed by atoms with Gasteiger partial charge in [-0.05, 0) is 18.9 Å². The van der Waals surface area contributed by atoms with Crippen molar-refractivity contribution in [2.24, 2.45) is 0 Å². The van der Waals surface area contributed by atoms with Gasteiger partial charge in [0.05, 0.1) is 0 Å². The topological polar surface area (TPSA) is 107 Å². The predicted octanol–water partition coefficient (Wildman–Crippen LogP) is -0.587. The molecule has 9 heteroatoms. The molecule has 0 unspecified atom stereocenters. The van der Waals surface area contributed by atoms with Gasteiger partial charge in [0, 0.05) is 38.8 Å². The zero-order valence-electron chi connectivity index (χ0n) is 11.5. The average Bonchev–Trinajstić information content (AvgIpc) is 3.12. The van der Waals surface area contributed by atoms with Crippen LogP contribution in [0.4, 0.5) is 0 Å². The van der Waals surface area contributed by atoms with Gasteiger partial charge in [-0.15, -0.1) is 0 Å². The number of carbonyl (C=O) groups is 1. The first-order chi connectivity index (χ1) is 9.40. The summed E-state index contributed by atoms with van der Waals surface area (Å²) in [6.07, 6.45) is 2.27. The molecule has 8 nitrogen and oxygen atoms in total. The summed E-state index contributed by atoms with van der Waals surface area (Å²) >= 11 is 0. The minimum absolute atomic E-state index is 0.131. The standard InChI is InChI=1S/C11H19N5O3S/c1-16(2)20(18,19)13-6-5-12-11(17)10-7-9(14-15-10)8-3-4-8/h7-8,13H,3-6H2,1-2H3,(H,12,17)(H,14,15). The molecule has 1 fully saturated rings. The number of nitrogens with zero attached hydrogens (tertiary/aromatic N) is 2. The molecule has 112 valence electrons. The largest absolute Gasteiger partial charge is 0.349 e. The molecule has 0 radical (unpaired) electrons. The molecule has 1 heterocycles.